The van der Waals surface area contributed by atoms with E-state index in [1.807, 2.05) is 42.6 Å². The molecule has 1 fully saturated rings. The lowest BCUT2D eigenvalue weighted by atomic mass is 10.0. The molecule has 1 aromatic heterocycles. The van der Waals surface area contributed by atoms with Gasteiger partial charge in [-0.1, -0.05) is 23.7 Å². The van der Waals surface area contributed by atoms with E-state index in [1.165, 1.54) is 0 Å². The zero-order valence-electron chi connectivity index (χ0n) is 11.9. The molecule has 3 rings (SSSR count). The number of benzene rings is 1. The molecule has 0 amide bonds. The summed E-state index contributed by atoms with van der Waals surface area (Å²) in [6, 6.07) is 11.8. The summed E-state index contributed by atoms with van der Waals surface area (Å²) in [4.78, 5) is 12.6. The lowest BCUT2D eigenvalue weighted by Gasteiger charge is -2.25. The lowest BCUT2D eigenvalue weighted by molar-refractivity contribution is 0.0980. The van der Waals surface area contributed by atoms with Crippen LogP contribution in [-0.2, 0) is 6.42 Å². The van der Waals surface area contributed by atoms with Gasteiger partial charge in [-0.3, -0.25) is 4.79 Å². The van der Waals surface area contributed by atoms with Crippen LogP contribution in [0.15, 0.2) is 42.6 Å². The Balaban J connectivity index is 1.77. The first-order valence-corrected chi connectivity index (χ1v) is 7.77. The third-order valence-electron chi connectivity index (χ3n) is 4.02. The average molecular weight is 303 g/mol. The Morgan fingerprint density at radius 2 is 2.05 bits per heavy atom. The second kappa shape index (κ2) is 6.46. The second-order valence-corrected chi connectivity index (χ2v) is 5.95. The highest BCUT2D eigenvalue weighted by Gasteiger charge is 2.19. The number of nitrogens with zero attached hydrogens (tertiary/aromatic N) is 1. The van der Waals surface area contributed by atoms with Crippen LogP contribution >= 0.6 is 11.6 Å². The molecule has 0 bridgehead atoms. The Kier molecular flexibility index (Phi) is 4.42. The first-order chi connectivity index (χ1) is 10.2. The second-order valence-electron chi connectivity index (χ2n) is 5.51. The molecule has 1 aliphatic rings. The predicted octanol–water partition coefficient (Wildman–Crippen LogP) is 3.49. The summed E-state index contributed by atoms with van der Waals surface area (Å²) in [5.41, 5.74) is 1.77. The van der Waals surface area contributed by atoms with E-state index in [2.05, 4.69) is 9.88 Å². The molecular weight excluding hydrogens is 284 g/mol. The van der Waals surface area contributed by atoms with Gasteiger partial charge in [0.1, 0.15) is 0 Å². The van der Waals surface area contributed by atoms with Crippen LogP contribution in [0.2, 0.25) is 5.02 Å². The molecule has 2 heterocycles. The molecule has 1 aromatic carbocycles. The van der Waals surface area contributed by atoms with E-state index < -0.39 is 0 Å². The van der Waals surface area contributed by atoms with Crippen molar-refractivity contribution in [3.8, 4) is 0 Å². The molecule has 0 unspecified atom stereocenters. The molecule has 3 nitrogen and oxygen atoms in total. The topological polar surface area (TPSA) is 34.0 Å². The number of rotatable bonds is 4. The van der Waals surface area contributed by atoms with Crippen molar-refractivity contribution in [3.63, 3.8) is 0 Å². The number of piperidine rings is 1. The molecule has 110 valence electrons. The highest BCUT2D eigenvalue weighted by molar-refractivity contribution is 6.30. The minimum Gasteiger partial charge on any atom is -0.342 e. The lowest BCUT2D eigenvalue weighted by Crippen LogP contribution is -2.30. The Morgan fingerprint density at radius 1 is 1.24 bits per heavy atom. The normalized spacial score (nSPS) is 16.0. The van der Waals surface area contributed by atoms with Gasteiger partial charge in [0.25, 0.3) is 0 Å². The number of hydrogen-bond donors (Lipinski definition) is 1. The summed E-state index contributed by atoms with van der Waals surface area (Å²) >= 11 is 5.98. The van der Waals surface area contributed by atoms with Crippen molar-refractivity contribution in [3.05, 3.63) is 58.9 Å². The zero-order valence-corrected chi connectivity index (χ0v) is 12.6. The van der Waals surface area contributed by atoms with Crippen LogP contribution in [0.1, 0.15) is 34.9 Å². The van der Waals surface area contributed by atoms with E-state index in [-0.39, 0.29) is 5.78 Å². The highest BCUT2D eigenvalue weighted by Crippen LogP contribution is 2.22. The van der Waals surface area contributed by atoms with Gasteiger partial charge in [0.2, 0.25) is 0 Å². The number of carbonyl (C=O) groups excluding carboxylic acids is 1. The first-order valence-electron chi connectivity index (χ1n) is 7.39. The van der Waals surface area contributed by atoms with Crippen LogP contribution in [-0.4, -0.2) is 23.4 Å². The van der Waals surface area contributed by atoms with Crippen LogP contribution in [0.3, 0.4) is 0 Å². The fraction of sp³-hybridized carbons (Fsp3) is 0.353. The molecular formula is C17H19ClN2O. The molecule has 4 heteroatoms. The monoisotopic (exact) mass is 302 g/mol. The van der Waals surface area contributed by atoms with E-state index in [4.69, 9.17) is 11.6 Å². The summed E-state index contributed by atoms with van der Waals surface area (Å²) < 4.78 is 2.15. The standard InChI is InChI=1S/C17H19ClN2O/c18-14-4-1-3-13(11-14)12-17(21)16-5-2-10-20(16)15-6-8-19-9-7-15/h1-5,10-11,15,19H,6-9,12H2. The summed E-state index contributed by atoms with van der Waals surface area (Å²) in [5.74, 6) is 0.154. The van der Waals surface area contributed by atoms with Crippen molar-refractivity contribution >= 4 is 17.4 Å². The smallest absolute Gasteiger partial charge is 0.183 e. The molecule has 1 aliphatic heterocycles. The largest absolute Gasteiger partial charge is 0.342 e. The molecule has 0 aliphatic carbocycles. The van der Waals surface area contributed by atoms with Crippen molar-refractivity contribution in [1.29, 1.82) is 0 Å². The number of ketones is 1. The maximum absolute atomic E-state index is 12.6. The first kappa shape index (κ1) is 14.4. The van der Waals surface area contributed by atoms with E-state index in [0.717, 1.165) is 37.2 Å². The van der Waals surface area contributed by atoms with Crippen LogP contribution in [0.4, 0.5) is 0 Å². The highest BCUT2D eigenvalue weighted by atomic mass is 35.5. The number of aromatic nitrogens is 1. The number of hydrogen-bond acceptors (Lipinski definition) is 2. The van der Waals surface area contributed by atoms with Gasteiger partial charge in [-0.05, 0) is 55.8 Å². The SMILES string of the molecule is O=C(Cc1cccc(Cl)c1)c1cccn1C1CCNCC1. The van der Waals surface area contributed by atoms with Crippen molar-refractivity contribution in [2.45, 2.75) is 25.3 Å². The zero-order chi connectivity index (χ0) is 14.7. The van der Waals surface area contributed by atoms with E-state index in [0.29, 0.717) is 17.5 Å². The Bertz CT molecular complexity index is 629. The van der Waals surface area contributed by atoms with Gasteiger partial charge < -0.3 is 9.88 Å². The van der Waals surface area contributed by atoms with Crippen LogP contribution < -0.4 is 5.32 Å². The van der Waals surface area contributed by atoms with Crippen molar-refractivity contribution < 1.29 is 4.79 Å². The van der Waals surface area contributed by atoms with Crippen LogP contribution in [0.5, 0.6) is 0 Å². The van der Waals surface area contributed by atoms with Gasteiger partial charge >= 0.3 is 0 Å². The van der Waals surface area contributed by atoms with Gasteiger partial charge in [0.05, 0.1) is 5.69 Å². The van der Waals surface area contributed by atoms with E-state index in [9.17, 15) is 4.79 Å². The fourth-order valence-electron chi connectivity index (χ4n) is 2.96. The molecule has 0 saturated carbocycles. The molecule has 0 spiro atoms. The molecule has 0 atom stereocenters. The molecule has 1 saturated heterocycles. The quantitative estimate of drug-likeness (QED) is 0.877. The van der Waals surface area contributed by atoms with Gasteiger partial charge in [-0.15, -0.1) is 0 Å². The van der Waals surface area contributed by atoms with Crippen molar-refractivity contribution in [2.75, 3.05) is 13.1 Å². The minimum absolute atomic E-state index is 0.154. The van der Waals surface area contributed by atoms with Crippen molar-refractivity contribution in [2.24, 2.45) is 0 Å². The van der Waals surface area contributed by atoms with Crippen LogP contribution in [0.25, 0.3) is 0 Å². The molecule has 0 radical (unpaired) electrons. The number of Topliss-reactive ketones (excluding diaryl/α,β-unsaturated/α-hetero) is 1. The van der Waals surface area contributed by atoms with Gasteiger partial charge in [-0.2, -0.15) is 0 Å². The minimum atomic E-state index is 0.154. The number of halogens is 1. The Hall–Kier alpha value is -1.58. The number of nitrogens with one attached hydrogen (secondary N) is 1. The molecule has 21 heavy (non-hydrogen) atoms. The maximum Gasteiger partial charge on any atom is 0.183 e. The maximum atomic E-state index is 12.6. The van der Waals surface area contributed by atoms with Crippen LogP contribution in [0, 0.1) is 0 Å². The van der Waals surface area contributed by atoms with E-state index in [1.54, 1.807) is 0 Å². The van der Waals surface area contributed by atoms with Gasteiger partial charge in [-0.25, -0.2) is 0 Å². The van der Waals surface area contributed by atoms with Gasteiger partial charge in [0, 0.05) is 23.7 Å². The predicted molar refractivity (Wildman–Crippen MR) is 85.1 cm³/mol. The summed E-state index contributed by atoms with van der Waals surface area (Å²) in [6.45, 7) is 2.04. The average Bonchev–Trinajstić information content (AvgIpc) is 2.98. The summed E-state index contributed by atoms with van der Waals surface area (Å²) in [6.07, 6.45) is 4.58. The fourth-order valence-corrected chi connectivity index (χ4v) is 3.17. The molecule has 1 N–H and O–H groups in total. The summed E-state index contributed by atoms with van der Waals surface area (Å²) in [5, 5.41) is 4.03. The Labute approximate surface area is 129 Å². The third-order valence-corrected chi connectivity index (χ3v) is 4.26. The van der Waals surface area contributed by atoms with Gasteiger partial charge in [0.15, 0.2) is 5.78 Å². The molecule has 2 aromatic rings. The third kappa shape index (κ3) is 3.36. The Morgan fingerprint density at radius 3 is 2.81 bits per heavy atom. The van der Waals surface area contributed by atoms with E-state index >= 15 is 0 Å². The summed E-state index contributed by atoms with van der Waals surface area (Å²) in [7, 11) is 0. The van der Waals surface area contributed by atoms with Crippen molar-refractivity contribution in [1.82, 2.24) is 9.88 Å². The number of carbonyl (C=O) groups is 1.